The number of amides is 2. The number of rotatable bonds is 5. The predicted octanol–water partition coefficient (Wildman–Crippen LogP) is 2.09. The molecule has 2 amide bonds. The summed E-state index contributed by atoms with van der Waals surface area (Å²) in [6, 6.07) is 0.133. The highest BCUT2D eigenvalue weighted by atomic mass is 16.2. The zero-order valence-corrected chi connectivity index (χ0v) is 12.7. The smallest absolute Gasteiger partial charge is 0.224 e. The molecule has 0 aromatic rings. The third-order valence-electron chi connectivity index (χ3n) is 3.55. The Hall–Kier alpha value is -1.06. The molecule has 0 unspecified atom stereocenters. The SMILES string of the molecule is CC(C)CNC(=O)[C@@H]1CCCC[C@H]1C(=O)NC(C)C. The van der Waals surface area contributed by atoms with E-state index in [9.17, 15) is 9.59 Å². The lowest BCUT2D eigenvalue weighted by Gasteiger charge is -2.30. The summed E-state index contributed by atoms with van der Waals surface area (Å²) >= 11 is 0. The molecule has 2 atom stereocenters. The van der Waals surface area contributed by atoms with Crippen LogP contribution < -0.4 is 10.6 Å². The van der Waals surface area contributed by atoms with Crippen molar-refractivity contribution in [3.8, 4) is 0 Å². The molecular weight excluding hydrogens is 240 g/mol. The van der Waals surface area contributed by atoms with Gasteiger partial charge in [0.15, 0.2) is 0 Å². The molecule has 0 aliphatic heterocycles. The predicted molar refractivity (Wildman–Crippen MR) is 76.6 cm³/mol. The van der Waals surface area contributed by atoms with Crippen molar-refractivity contribution in [1.82, 2.24) is 10.6 Å². The molecule has 0 aromatic carbocycles. The first-order valence-corrected chi connectivity index (χ1v) is 7.50. The van der Waals surface area contributed by atoms with Crippen LogP contribution in [0.2, 0.25) is 0 Å². The number of carbonyl (C=O) groups excluding carboxylic acids is 2. The second-order valence-corrected chi connectivity index (χ2v) is 6.30. The van der Waals surface area contributed by atoms with Gasteiger partial charge in [-0.25, -0.2) is 0 Å². The van der Waals surface area contributed by atoms with Gasteiger partial charge in [-0.15, -0.1) is 0 Å². The summed E-state index contributed by atoms with van der Waals surface area (Å²) in [6.45, 7) is 8.74. The summed E-state index contributed by atoms with van der Waals surface area (Å²) in [5.41, 5.74) is 0. The summed E-state index contributed by atoms with van der Waals surface area (Å²) < 4.78 is 0. The molecule has 0 radical (unpaired) electrons. The van der Waals surface area contributed by atoms with E-state index in [4.69, 9.17) is 0 Å². The second-order valence-electron chi connectivity index (χ2n) is 6.30. The van der Waals surface area contributed by atoms with Gasteiger partial charge in [-0.1, -0.05) is 26.7 Å². The van der Waals surface area contributed by atoms with Crippen LogP contribution in [0.4, 0.5) is 0 Å². The monoisotopic (exact) mass is 268 g/mol. The van der Waals surface area contributed by atoms with Gasteiger partial charge in [0.2, 0.25) is 11.8 Å². The minimum Gasteiger partial charge on any atom is -0.356 e. The van der Waals surface area contributed by atoms with E-state index in [-0.39, 0.29) is 29.7 Å². The van der Waals surface area contributed by atoms with E-state index in [1.807, 2.05) is 13.8 Å². The van der Waals surface area contributed by atoms with Gasteiger partial charge in [-0.2, -0.15) is 0 Å². The third-order valence-corrected chi connectivity index (χ3v) is 3.55. The van der Waals surface area contributed by atoms with E-state index in [1.54, 1.807) is 0 Å². The van der Waals surface area contributed by atoms with E-state index in [2.05, 4.69) is 24.5 Å². The molecule has 1 fully saturated rings. The molecule has 0 aromatic heterocycles. The molecule has 19 heavy (non-hydrogen) atoms. The highest BCUT2D eigenvalue weighted by molar-refractivity contribution is 5.88. The van der Waals surface area contributed by atoms with Crippen molar-refractivity contribution < 1.29 is 9.59 Å². The van der Waals surface area contributed by atoms with Crippen LogP contribution in [0, 0.1) is 17.8 Å². The Bertz CT molecular complexity index is 313. The Labute approximate surface area is 116 Å². The van der Waals surface area contributed by atoms with E-state index in [1.165, 1.54) is 0 Å². The average Bonchev–Trinajstić information content (AvgIpc) is 2.35. The number of hydrogen-bond acceptors (Lipinski definition) is 2. The maximum absolute atomic E-state index is 12.2. The van der Waals surface area contributed by atoms with Gasteiger partial charge in [-0.05, 0) is 32.6 Å². The Balaban J connectivity index is 2.61. The van der Waals surface area contributed by atoms with Gasteiger partial charge in [0, 0.05) is 24.4 Å². The van der Waals surface area contributed by atoms with Crippen molar-refractivity contribution in [2.45, 2.75) is 59.4 Å². The molecule has 0 heterocycles. The van der Waals surface area contributed by atoms with E-state index < -0.39 is 0 Å². The average molecular weight is 268 g/mol. The first-order valence-electron chi connectivity index (χ1n) is 7.50. The summed E-state index contributed by atoms with van der Waals surface area (Å²) in [6.07, 6.45) is 3.76. The first kappa shape index (κ1) is 16.0. The molecule has 1 aliphatic rings. The molecule has 0 spiro atoms. The molecular formula is C15H28N2O2. The van der Waals surface area contributed by atoms with Gasteiger partial charge in [-0.3, -0.25) is 9.59 Å². The quantitative estimate of drug-likeness (QED) is 0.802. The topological polar surface area (TPSA) is 58.2 Å². The second kappa shape index (κ2) is 7.51. The molecule has 1 rings (SSSR count). The summed E-state index contributed by atoms with van der Waals surface area (Å²) in [5, 5.41) is 5.91. The van der Waals surface area contributed by atoms with Crippen molar-refractivity contribution in [2.75, 3.05) is 6.54 Å². The summed E-state index contributed by atoms with van der Waals surface area (Å²) in [7, 11) is 0. The highest BCUT2D eigenvalue weighted by Crippen LogP contribution is 2.30. The molecule has 2 N–H and O–H groups in total. The lowest BCUT2D eigenvalue weighted by molar-refractivity contribution is -0.137. The minimum absolute atomic E-state index is 0.0411. The zero-order valence-electron chi connectivity index (χ0n) is 12.7. The largest absolute Gasteiger partial charge is 0.356 e. The van der Waals surface area contributed by atoms with Gasteiger partial charge in [0.25, 0.3) is 0 Å². The van der Waals surface area contributed by atoms with E-state index in [0.717, 1.165) is 25.7 Å². The Kier molecular flexibility index (Phi) is 6.32. The van der Waals surface area contributed by atoms with Crippen LogP contribution in [0.25, 0.3) is 0 Å². The standard InChI is InChI=1S/C15H28N2O2/c1-10(2)9-16-14(18)12-7-5-6-8-13(12)15(19)17-11(3)4/h10-13H,5-9H2,1-4H3,(H,16,18)(H,17,19)/t12-,13-/m1/s1. The maximum atomic E-state index is 12.2. The number of hydrogen-bond donors (Lipinski definition) is 2. The van der Waals surface area contributed by atoms with Crippen LogP contribution in [0.15, 0.2) is 0 Å². The van der Waals surface area contributed by atoms with Crippen molar-refractivity contribution in [1.29, 1.82) is 0 Å². The molecule has 1 saturated carbocycles. The van der Waals surface area contributed by atoms with Crippen LogP contribution >= 0.6 is 0 Å². The van der Waals surface area contributed by atoms with Crippen LogP contribution in [0.3, 0.4) is 0 Å². The van der Waals surface area contributed by atoms with Crippen molar-refractivity contribution >= 4 is 11.8 Å². The Morgan fingerprint density at radius 2 is 1.53 bits per heavy atom. The zero-order chi connectivity index (χ0) is 14.4. The minimum atomic E-state index is -0.150. The van der Waals surface area contributed by atoms with Crippen LogP contribution in [0.5, 0.6) is 0 Å². The van der Waals surface area contributed by atoms with Gasteiger partial charge in [0.1, 0.15) is 0 Å². The van der Waals surface area contributed by atoms with Gasteiger partial charge < -0.3 is 10.6 Å². The molecule has 0 bridgehead atoms. The van der Waals surface area contributed by atoms with E-state index >= 15 is 0 Å². The Morgan fingerprint density at radius 3 is 2.00 bits per heavy atom. The molecule has 0 saturated heterocycles. The molecule has 1 aliphatic carbocycles. The van der Waals surface area contributed by atoms with E-state index in [0.29, 0.717) is 12.5 Å². The van der Waals surface area contributed by atoms with Gasteiger partial charge >= 0.3 is 0 Å². The van der Waals surface area contributed by atoms with Crippen molar-refractivity contribution in [3.05, 3.63) is 0 Å². The fourth-order valence-electron chi connectivity index (χ4n) is 2.59. The Morgan fingerprint density at radius 1 is 1.00 bits per heavy atom. The van der Waals surface area contributed by atoms with Gasteiger partial charge in [0.05, 0.1) is 0 Å². The molecule has 110 valence electrons. The first-order chi connectivity index (χ1) is 8.91. The normalized spacial score (nSPS) is 23.5. The van der Waals surface area contributed by atoms with Crippen LogP contribution in [0.1, 0.15) is 53.4 Å². The lowest BCUT2D eigenvalue weighted by atomic mass is 9.78. The lowest BCUT2D eigenvalue weighted by Crippen LogP contribution is -2.45. The number of nitrogens with one attached hydrogen (secondary N) is 2. The maximum Gasteiger partial charge on any atom is 0.224 e. The van der Waals surface area contributed by atoms with Crippen molar-refractivity contribution in [3.63, 3.8) is 0 Å². The summed E-state index contributed by atoms with van der Waals surface area (Å²) in [5.74, 6) is 0.238. The highest BCUT2D eigenvalue weighted by Gasteiger charge is 2.35. The fraction of sp³-hybridized carbons (Fsp3) is 0.867. The van der Waals surface area contributed by atoms with Crippen molar-refractivity contribution in [2.24, 2.45) is 17.8 Å². The van der Waals surface area contributed by atoms with Crippen LogP contribution in [-0.2, 0) is 9.59 Å². The molecule has 4 heteroatoms. The van der Waals surface area contributed by atoms with Crippen LogP contribution in [-0.4, -0.2) is 24.4 Å². The molecule has 4 nitrogen and oxygen atoms in total. The number of carbonyl (C=O) groups is 2. The fourth-order valence-corrected chi connectivity index (χ4v) is 2.59. The third kappa shape index (κ3) is 5.21. The summed E-state index contributed by atoms with van der Waals surface area (Å²) in [4.78, 5) is 24.4.